The van der Waals surface area contributed by atoms with Crippen molar-refractivity contribution in [1.29, 1.82) is 0 Å². The molecule has 1 spiro atoms. The second kappa shape index (κ2) is 6.54. The number of benzene rings is 1. The van der Waals surface area contributed by atoms with E-state index in [1.54, 1.807) is 0 Å². The van der Waals surface area contributed by atoms with Crippen LogP contribution in [0.2, 0.25) is 0 Å². The van der Waals surface area contributed by atoms with Gasteiger partial charge in [-0.1, -0.05) is 12.1 Å². The molecule has 1 saturated carbocycles. The van der Waals surface area contributed by atoms with Crippen LogP contribution in [0.1, 0.15) is 56.1 Å². The maximum absolute atomic E-state index is 10.9. The third-order valence-corrected chi connectivity index (χ3v) is 6.16. The lowest BCUT2D eigenvalue weighted by molar-refractivity contribution is -0.138. The summed E-state index contributed by atoms with van der Waals surface area (Å²) in [6.07, 6.45) is 7.56. The van der Waals surface area contributed by atoms with Crippen molar-refractivity contribution < 1.29 is 9.90 Å². The largest absolute Gasteiger partial charge is 0.481 e. The number of hydrogen-bond donors (Lipinski definition) is 1. The lowest BCUT2D eigenvalue weighted by atomic mass is 9.65. The molecule has 0 atom stereocenters. The fourth-order valence-corrected chi connectivity index (χ4v) is 4.52. The number of piperidine rings is 1. The van der Waals surface area contributed by atoms with Crippen molar-refractivity contribution in [3.63, 3.8) is 0 Å². The summed E-state index contributed by atoms with van der Waals surface area (Å²) in [5.41, 5.74) is 4.60. The van der Waals surface area contributed by atoms with Crippen molar-refractivity contribution in [2.75, 3.05) is 18.0 Å². The van der Waals surface area contributed by atoms with Gasteiger partial charge in [-0.15, -0.1) is 0 Å². The zero-order valence-corrected chi connectivity index (χ0v) is 14.5. The number of hydrogen-bond acceptors (Lipinski definition) is 2. The highest BCUT2D eigenvalue weighted by Crippen LogP contribution is 2.47. The summed E-state index contributed by atoms with van der Waals surface area (Å²) in [7, 11) is 0. The number of rotatable bonds is 3. The van der Waals surface area contributed by atoms with Gasteiger partial charge in [-0.3, -0.25) is 4.79 Å². The normalized spacial score (nSPS) is 21.6. The predicted octanol–water partition coefficient (Wildman–Crippen LogP) is 4.55. The molecule has 126 valence electrons. The Bertz CT molecular complexity index is 563. The molecule has 1 heterocycles. The average molecular weight is 315 g/mol. The topological polar surface area (TPSA) is 40.5 Å². The molecule has 0 unspecified atom stereocenters. The van der Waals surface area contributed by atoms with Crippen molar-refractivity contribution in [1.82, 2.24) is 0 Å². The molecule has 3 rings (SSSR count). The molecule has 1 saturated heterocycles. The Hall–Kier alpha value is -1.51. The molecule has 0 aromatic heterocycles. The number of aryl methyl sites for hydroxylation is 2. The Morgan fingerprint density at radius 1 is 1.17 bits per heavy atom. The summed E-state index contributed by atoms with van der Waals surface area (Å²) >= 11 is 0. The predicted molar refractivity (Wildman–Crippen MR) is 94.0 cm³/mol. The van der Waals surface area contributed by atoms with Crippen LogP contribution in [0.5, 0.6) is 0 Å². The maximum atomic E-state index is 10.9. The molecule has 23 heavy (non-hydrogen) atoms. The third-order valence-electron chi connectivity index (χ3n) is 6.16. The molecule has 1 aliphatic carbocycles. The smallest absolute Gasteiger partial charge is 0.303 e. The van der Waals surface area contributed by atoms with Gasteiger partial charge in [0.2, 0.25) is 0 Å². The van der Waals surface area contributed by atoms with E-state index >= 15 is 0 Å². The monoisotopic (exact) mass is 315 g/mol. The molecule has 2 aliphatic rings. The highest BCUT2D eigenvalue weighted by Gasteiger charge is 2.38. The standard InChI is InChI=1S/C20H29NO2/c1-15-3-4-16(2)18(13-15)21-11-9-20(10-12-21)7-5-17(6-8-20)14-19(22)23/h3-4,13,17H,5-12,14H2,1-2H3,(H,22,23). The van der Waals surface area contributed by atoms with Gasteiger partial charge in [0.1, 0.15) is 0 Å². The SMILES string of the molecule is Cc1ccc(C)c(N2CCC3(CCC(CC(=O)O)CC3)CC2)c1. The number of nitrogens with zero attached hydrogens (tertiary/aromatic N) is 1. The summed E-state index contributed by atoms with van der Waals surface area (Å²) in [5.74, 6) is -0.217. The molecule has 0 radical (unpaired) electrons. The summed E-state index contributed by atoms with van der Waals surface area (Å²) in [4.78, 5) is 13.4. The van der Waals surface area contributed by atoms with E-state index in [9.17, 15) is 4.79 Å². The van der Waals surface area contributed by atoms with Crippen molar-refractivity contribution in [2.24, 2.45) is 11.3 Å². The summed E-state index contributed by atoms with van der Waals surface area (Å²) in [6.45, 7) is 6.66. The molecular formula is C20H29NO2. The number of carboxylic acid groups (broad SMARTS) is 1. The molecule has 2 fully saturated rings. The molecule has 3 heteroatoms. The van der Waals surface area contributed by atoms with E-state index in [1.165, 1.54) is 42.5 Å². The molecular weight excluding hydrogens is 286 g/mol. The highest BCUT2D eigenvalue weighted by atomic mass is 16.4. The van der Waals surface area contributed by atoms with Gasteiger partial charge < -0.3 is 10.0 Å². The van der Waals surface area contributed by atoms with E-state index in [0.717, 1.165) is 25.9 Å². The Morgan fingerprint density at radius 2 is 1.83 bits per heavy atom. The van der Waals surface area contributed by atoms with E-state index in [1.807, 2.05) is 0 Å². The van der Waals surface area contributed by atoms with Crippen molar-refractivity contribution in [3.8, 4) is 0 Å². The van der Waals surface area contributed by atoms with Crippen molar-refractivity contribution >= 4 is 11.7 Å². The Labute approximate surface area is 139 Å². The minimum Gasteiger partial charge on any atom is -0.481 e. The number of carbonyl (C=O) groups is 1. The fourth-order valence-electron chi connectivity index (χ4n) is 4.52. The highest BCUT2D eigenvalue weighted by molar-refractivity contribution is 5.67. The minimum atomic E-state index is -0.629. The van der Waals surface area contributed by atoms with E-state index in [2.05, 4.69) is 36.9 Å². The minimum absolute atomic E-state index is 0.366. The van der Waals surface area contributed by atoms with Gasteiger partial charge >= 0.3 is 5.97 Å². The van der Waals surface area contributed by atoms with Gasteiger partial charge in [0.05, 0.1) is 0 Å². The van der Waals surface area contributed by atoms with Crippen molar-refractivity contribution in [3.05, 3.63) is 29.3 Å². The first kappa shape index (κ1) is 16.4. The van der Waals surface area contributed by atoms with Gasteiger partial charge in [-0.05, 0) is 80.9 Å². The van der Waals surface area contributed by atoms with Gasteiger partial charge in [-0.2, -0.15) is 0 Å². The van der Waals surface area contributed by atoms with Gasteiger partial charge in [0, 0.05) is 25.2 Å². The quantitative estimate of drug-likeness (QED) is 0.889. The average Bonchev–Trinajstić information content (AvgIpc) is 2.53. The molecule has 3 nitrogen and oxygen atoms in total. The summed E-state index contributed by atoms with van der Waals surface area (Å²) in [6, 6.07) is 6.73. The van der Waals surface area contributed by atoms with Gasteiger partial charge in [0.25, 0.3) is 0 Å². The molecule has 1 aliphatic heterocycles. The molecule has 0 amide bonds. The fraction of sp³-hybridized carbons (Fsp3) is 0.650. The summed E-state index contributed by atoms with van der Waals surface area (Å²) < 4.78 is 0. The van der Waals surface area contributed by atoms with E-state index < -0.39 is 5.97 Å². The second-order valence-corrected chi connectivity index (χ2v) is 7.82. The van der Waals surface area contributed by atoms with Crippen LogP contribution < -0.4 is 4.90 Å². The van der Waals surface area contributed by atoms with Crippen LogP contribution in [0.15, 0.2) is 18.2 Å². The number of anilines is 1. The van der Waals surface area contributed by atoms with Crippen LogP contribution in [-0.2, 0) is 4.79 Å². The molecule has 0 bridgehead atoms. The van der Waals surface area contributed by atoms with Crippen LogP contribution in [0.3, 0.4) is 0 Å². The van der Waals surface area contributed by atoms with Gasteiger partial charge in [0.15, 0.2) is 0 Å². The Balaban J connectivity index is 1.58. The van der Waals surface area contributed by atoms with E-state index in [4.69, 9.17) is 5.11 Å². The lowest BCUT2D eigenvalue weighted by Crippen LogP contribution is -2.42. The van der Waals surface area contributed by atoms with E-state index in [0.29, 0.717) is 17.8 Å². The zero-order chi connectivity index (χ0) is 16.4. The maximum Gasteiger partial charge on any atom is 0.303 e. The number of aliphatic carboxylic acids is 1. The second-order valence-electron chi connectivity index (χ2n) is 7.82. The Morgan fingerprint density at radius 3 is 2.43 bits per heavy atom. The van der Waals surface area contributed by atoms with Gasteiger partial charge in [-0.25, -0.2) is 0 Å². The zero-order valence-electron chi connectivity index (χ0n) is 14.5. The van der Waals surface area contributed by atoms with Crippen LogP contribution in [0, 0.1) is 25.2 Å². The summed E-state index contributed by atoms with van der Waals surface area (Å²) in [5, 5.41) is 8.97. The van der Waals surface area contributed by atoms with Crippen LogP contribution in [0.25, 0.3) is 0 Å². The van der Waals surface area contributed by atoms with Crippen LogP contribution in [-0.4, -0.2) is 24.2 Å². The third kappa shape index (κ3) is 3.70. The van der Waals surface area contributed by atoms with E-state index in [-0.39, 0.29) is 0 Å². The first-order chi connectivity index (χ1) is 11.0. The van der Waals surface area contributed by atoms with Crippen molar-refractivity contribution in [2.45, 2.75) is 58.8 Å². The number of carboxylic acids is 1. The lowest BCUT2D eigenvalue weighted by Gasteiger charge is -2.46. The Kier molecular flexibility index (Phi) is 4.65. The molecule has 1 aromatic rings. The van der Waals surface area contributed by atoms with Crippen LogP contribution in [0.4, 0.5) is 5.69 Å². The first-order valence-electron chi connectivity index (χ1n) is 9.01. The first-order valence-corrected chi connectivity index (χ1v) is 9.01. The van der Waals surface area contributed by atoms with Crippen LogP contribution >= 0.6 is 0 Å². The molecule has 1 N–H and O–H groups in total. The molecule has 1 aromatic carbocycles.